The van der Waals surface area contributed by atoms with Gasteiger partial charge in [-0.2, -0.15) is 0 Å². The number of hydrogen-bond acceptors (Lipinski definition) is 3. The molecule has 1 heterocycles. The fourth-order valence-corrected chi connectivity index (χ4v) is 5.24. The van der Waals surface area contributed by atoms with Crippen LogP contribution in [-0.4, -0.2) is 37.4 Å². The minimum Gasteiger partial charge on any atom is -0.497 e. The number of nitrogens with zero attached hydrogens (tertiary/aromatic N) is 1. The van der Waals surface area contributed by atoms with Gasteiger partial charge in [0.25, 0.3) is 0 Å². The Labute approximate surface area is 179 Å². The summed E-state index contributed by atoms with van der Waals surface area (Å²) in [5.74, 6) is 2.77. The molecule has 3 atom stereocenters. The van der Waals surface area contributed by atoms with Crippen molar-refractivity contribution >= 4 is 5.78 Å². The van der Waals surface area contributed by atoms with Crippen molar-refractivity contribution in [3.63, 3.8) is 0 Å². The van der Waals surface area contributed by atoms with Crippen LogP contribution in [-0.2, 0) is 9.53 Å². The van der Waals surface area contributed by atoms with Gasteiger partial charge in [0.15, 0.2) is 5.78 Å². The number of piperidine rings is 1. The summed E-state index contributed by atoms with van der Waals surface area (Å²) in [5.41, 5.74) is 3.44. The molecule has 0 aromatic heterocycles. The fraction of sp³-hybridized carbons (Fsp3) is 0.444. The van der Waals surface area contributed by atoms with Crippen LogP contribution in [0.4, 0.5) is 0 Å². The van der Waals surface area contributed by atoms with Crippen molar-refractivity contribution in [3.8, 4) is 0 Å². The Kier molecular flexibility index (Phi) is 5.47. The number of carbonyl (C=O) groups is 1. The van der Waals surface area contributed by atoms with Crippen LogP contribution in [0.15, 0.2) is 77.6 Å². The molecule has 3 nitrogen and oxygen atoms in total. The van der Waals surface area contributed by atoms with Gasteiger partial charge in [0, 0.05) is 30.5 Å². The van der Waals surface area contributed by atoms with Gasteiger partial charge in [-0.15, -0.1) is 0 Å². The number of benzene rings is 1. The molecule has 1 saturated carbocycles. The number of carbonyl (C=O) groups excluding carboxylic acids is 1. The minimum absolute atomic E-state index is 0.0391. The van der Waals surface area contributed by atoms with Gasteiger partial charge in [0.2, 0.25) is 0 Å². The van der Waals surface area contributed by atoms with Gasteiger partial charge in [-0.25, -0.2) is 0 Å². The number of Topliss-reactive ketones (excluding diaryl/α,β-unsaturated/α-hetero) is 1. The Bertz CT molecular complexity index is 919. The summed E-state index contributed by atoms with van der Waals surface area (Å²) in [6.45, 7) is 3.17. The van der Waals surface area contributed by atoms with Crippen LogP contribution in [0.1, 0.15) is 37.2 Å². The highest BCUT2D eigenvalue weighted by Crippen LogP contribution is 2.39. The normalized spacial score (nSPS) is 28.8. The molecule has 0 spiro atoms. The zero-order valence-electron chi connectivity index (χ0n) is 17.8. The highest BCUT2D eigenvalue weighted by Gasteiger charge is 2.38. The lowest BCUT2D eigenvalue weighted by Gasteiger charge is -2.39. The Morgan fingerprint density at radius 1 is 1.13 bits per heavy atom. The smallest absolute Gasteiger partial charge is 0.167 e. The summed E-state index contributed by atoms with van der Waals surface area (Å²) in [6.07, 6.45) is 15.2. The number of hydrogen-bond donors (Lipinski definition) is 0. The second-order valence-electron chi connectivity index (χ2n) is 9.23. The van der Waals surface area contributed by atoms with Gasteiger partial charge < -0.3 is 9.64 Å². The summed E-state index contributed by atoms with van der Waals surface area (Å²) in [7, 11) is 1.71. The fourth-order valence-electron chi connectivity index (χ4n) is 5.24. The molecule has 2 fully saturated rings. The number of likely N-dealkylation sites (tertiary alicyclic amines) is 1. The molecule has 1 aromatic rings. The number of ketones is 1. The van der Waals surface area contributed by atoms with Crippen LogP contribution >= 0.6 is 0 Å². The van der Waals surface area contributed by atoms with Gasteiger partial charge in [0.05, 0.1) is 7.11 Å². The van der Waals surface area contributed by atoms with Gasteiger partial charge in [-0.1, -0.05) is 42.5 Å². The average molecular weight is 402 g/mol. The van der Waals surface area contributed by atoms with Crippen molar-refractivity contribution in [1.29, 1.82) is 0 Å². The van der Waals surface area contributed by atoms with E-state index in [0.29, 0.717) is 17.6 Å². The van der Waals surface area contributed by atoms with Crippen molar-refractivity contribution in [2.24, 2.45) is 17.8 Å². The Hall–Kier alpha value is -2.39. The first-order valence-electron chi connectivity index (χ1n) is 11.4. The molecule has 1 aliphatic heterocycles. The highest BCUT2D eigenvalue weighted by atomic mass is 16.5. The summed E-state index contributed by atoms with van der Waals surface area (Å²) >= 11 is 0. The van der Waals surface area contributed by atoms with Gasteiger partial charge >= 0.3 is 0 Å². The zero-order chi connectivity index (χ0) is 20.5. The first-order chi connectivity index (χ1) is 14.7. The van der Waals surface area contributed by atoms with Crippen molar-refractivity contribution in [1.82, 2.24) is 4.90 Å². The molecule has 3 aliphatic carbocycles. The first kappa shape index (κ1) is 19.6. The number of fused-ring (bicyclic) bond motifs is 1. The van der Waals surface area contributed by atoms with Gasteiger partial charge in [-0.05, 0) is 73.4 Å². The number of ether oxygens (including phenoxy) is 1. The van der Waals surface area contributed by atoms with E-state index < -0.39 is 0 Å². The van der Waals surface area contributed by atoms with Gasteiger partial charge in [0.1, 0.15) is 5.76 Å². The highest BCUT2D eigenvalue weighted by molar-refractivity contribution is 6.01. The third-order valence-electron chi connectivity index (χ3n) is 7.14. The van der Waals surface area contributed by atoms with E-state index >= 15 is 0 Å². The van der Waals surface area contributed by atoms with Crippen LogP contribution in [0.5, 0.6) is 0 Å². The predicted octanol–water partition coefficient (Wildman–Crippen LogP) is 5.04. The molecule has 1 aromatic carbocycles. The molecule has 0 radical (unpaired) electrons. The second kappa shape index (κ2) is 8.39. The van der Waals surface area contributed by atoms with E-state index in [4.69, 9.17) is 4.74 Å². The Balaban J connectivity index is 1.38. The molecule has 30 heavy (non-hydrogen) atoms. The van der Waals surface area contributed by atoms with E-state index in [1.165, 1.54) is 30.5 Å². The monoisotopic (exact) mass is 401 g/mol. The van der Waals surface area contributed by atoms with E-state index in [1.807, 2.05) is 6.08 Å². The molecule has 1 saturated heterocycles. The molecule has 4 aliphatic rings. The SMILES string of the molecule is COC1=CC2CC=C(C(=O)C3CN(CC4CC4)CCC3c3ccccc3)C=C2C=C1. The standard InChI is InChI=1S/C27H31NO2/c1-30-24-12-11-21-15-23(10-9-22(21)16-24)27(29)26-18-28(17-19-7-8-19)14-13-25(26)20-5-3-2-4-6-20/h2-6,10-12,15-16,19,22,25-26H,7-9,13-14,17-18H2,1H3. The Morgan fingerprint density at radius 2 is 1.97 bits per heavy atom. The predicted molar refractivity (Wildman–Crippen MR) is 120 cm³/mol. The molecule has 156 valence electrons. The number of rotatable bonds is 6. The number of allylic oxidation sites excluding steroid dienone is 7. The van der Waals surface area contributed by atoms with E-state index in [2.05, 4.69) is 59.5 Å². The lowest BCUT2D eigenvalue weighted by atomic mass is 9.74. The van der Waals surface area contributed by atoms with E-state index in [9.17, 15) is 4.79 Å². The maximum atomic E-state index is 13.8. The van der Waals surface area contributed by atoms with Crippen molar-refractivity contribution < 1.29 is 9.53 Å². The van der Waals surface area contributed by atoms with Crippen LogP contribution in [0, 0.1) is 17.8 Å². The van der Waals surface area contributed by atoms with Crippen molar-refractivity contribution in [2.75, 3.05) is 26.7 Å². The van der Waals surface area contributed by atoms with Crippen molar-refractivity contribution in [2.45, 2.75) is 31.6 Å². The van der Waals surface area contributed by atoms with Crippen molar-refractivity contribution in [3.05, 3.63) is 83.2 Å². The maximum Gasteiger partial charge on any atom is 0.167 e. The topological polar surface area (TPSA) is 29.5 Å². The molecule has 0 bridgehead atoms. The van der Waals surface area contributed by atoms with E-state index in [-0.39, 0.29) is 5.92 Å². The molecule has 3 unspecified atom stereocenters. The van der Waals surface area contributed by atoms with Crippen LogP contribution in [0.2, 0.25) is 0 Å². The number of methoxy groups -OCH3 is 1. The van der Waals surface area contributed by atoms with Crippen LogP contribution < -0.4 is 0 Å². The largest absolute Gasteiger partial charge is 0.497 e. The molecule has 0 N–H and O–H groups in total. The van der Waals surface area contributed by atoms with E-state index in [1.54, 1.807) is 7.11 Å². The Morgan fingerprint density at radius 3 is 2.73 bits per heavy atom. The van der Waals surface area contributed by atoms with Crippen LogP contribution in [0.25, 0.3) is 0 Å². The molecular weight excluding hydrogens is 370 g/mol. The van der Waals surface area contributed by atoms with Gasteiger partial charge in [-0.3, -0.25) is 4.79 Å². The first-order valence-corrected chi connectivity index (χ1v) is 11.4. The summed E-state index contributed by atoms with van der Waals surface area (Å²) in [4.78, 5) is 16.3. The van der Waals surface area contributed by atoms with Crippen LogP contribution in [0.3, 0.4) is 0 Å². The quantitative estimate of drug-likeness (QED) is 0.668. The molecule has 0 amide bonds. The molecular formula is C27H31NO2. The van der Waals surface area contributed by atoms with E-state index in [0.717, 1.165) is 43.2 Å². The molecule has 5 rings (SSSR count). The lowest BCUT2D eigenvalue weighted by molar-refractivity contribution is -0.121. The second-order valence-corrected chi connectivity index (χ2v) is 9.23. The summed E-state index contributed by atoms with van der Waals surface area (Å²) < 4.78 is 5.38. The zero-order valence-corrected chi connectivity index (χ0v) is 17.8. The summed E-state index contributed by atoms with van der Waals surface area (Å²) in [6, 6.07) is 10.7. The minimum atomic E-state index is 0.0391. The lowest BCUT2D eigenvalue weighted by Crippen LogP contribution is -2.44. The molecule has 3 heteroatoms. The third-order valence-corrected chi connectivity index (χ3v) is 7.14. The summed E-state index contributed by atoms with van der Waals surface area (Å²) in [5, 5.41) is 0. The maximum absolute atomic E-state index is 13.8. The third kappa shape index (κ3) is 4.09. The average Bonchev–Trinajstić information content (AvgIpc) is 3.62.